The first-order chi connectivity index (χ1) is 52.8. The number of carbonyl (C=O) groups is 6. The van der Waals surface area contributed by atoms with E-state index in [4.69, 9.17) is 16.3 Å². The maximum Gasteiger partial charge on any atom is 0.323 e. The molecular weight excluding hydrogens is 1480 g/mol. The summed E-state index contributed by atoms with van der Waals surface area (Å²) in [5.41, 5.74) is 8.92. The number of anilines is 2. The SMILES string of the molecule is COC(=O)C(C1CCN(C(=O)/C=C/c2cc(F)c(F)c(F)c2)CC1)N1CCC(c2c[nH]c3ccccc23)CC1.O=C(O)C(C1CCN(C(=O)Nc2cccc(Br)c2)CC1)N1CCC(c2c[nH]c3ccccc23)CC1.O=C(O)C(C1CCN(C(=O)Nc2cccc(Cl)c2)CC1)N1CCC(c2c[nH]c3ccccc23)CC1. The van der Waals surface area contributed by atoms with E-state index in [0.29, 0.717) is 106 Å². The summed E-state index contributed by atoms with van der Waals surface area (Å²) in [7, 11) is 1.42. The number of H-pyrrole nitrogens is 3. The van der Waals surface area contributed by atoms with Crippen molar-refractivity contribution in [2.24, 2.45) is 17.8 Å². The number of hydrogen-bond acceptors (Lipinski definition) is 10. The predicted molar refractivity (Wildman–Crippen MR) is 421 cm³/mol. The number of carboxylic acids is 2. The summed E-state index contributed by atoms with van der Waals surface area (Å²) in [6.07, 6.45) is 18.6. The van der Waals surface area contributed by atoms with Crippen molar-refractivity contribution < 1.29 is 56.9 Å². The maximum absolute atomic E-state index is 13.5. The van der Waals surface area contributed by atoms with Gasteiger partial charge in [-0.1, -0.05) is 94.3 Å². The summed E-state index contributed by atoms with van der Waals surface area (Å²) >= 11 is 9.43. The van der Waals surface area contributed by atoms with E-state index in [0.717, 1.165) is 117 Å². The number of amides is 5. The number of nitrogens with one attached hydrogen (secondary N) is 5. The molecule has 6 aliphatic heterocycles. The number of rotatable bonds is 16. The average molecular weight is 1570 g/mol. The minimum absolute atomic E-state index is 0.0346. The Hall–Kier alpha value is -9.46. The van der Waals surface area contributed by atoms with Crippen molar-refractivity contribution >= 4 is 114 Å². The molecule has 9 heterocycles. The highest BCUT2D eigenvalue weighted by Gasteiger charge is 2.42. The van der Waals surface area contributed by atoms with Gasteiger partial charge in [-0.25, -0.2) is 22.8 Å². The number of aliphatic carboxylic acids is 2. The third-order valence-electron chi connectivity index (χ3n) is 23.3. The van der Waals surface area contributed by atoms with E-state index in [9.17, 15) is 52.2 Å². The van der Waals surface area contributed by atoms with Gasteiger partial charge in [0.1, 0.15) is 18.1 Å². The molecule has 3 atom stereocenters. The molecule has 15 rings (SSSR count). The molecule has 20 nitrogen and oxygen atoms in total. The van der Waals surface area contributed by atoms with E-state index >= 15 is 0 Å². The van der Waals surface area contributed by atoms with E-state index < -0.39 is 41.5 Å². The number of methoxy groups -OCH3 is 1. The quantitative estimate of drug-likeness (QED) is 0.0271. The zero-order chi connectivity index (χ0) is 76.2. The predicted octanol–water partition coefficient (Wildman–Crippen LogP) is 16.2. The smallest absolute Gasteiger partial charge is 0.323 e. The second-order valence-corrected chi connectivity index (χ2v) is 31.0. The number of carboxylic acid groups (broad SMARTS) is 2. The second kappa shape index (κ2) is 35.9. The standard InChI is InChI=1S/C30H32F3N3O3.C27H31BrN4O3.C27H31ClN4O3/c1-39-30(38)29(36-14-8-20(9-15-36)23-18-34-26-5-3-2-4-22(23)26)21-10-12-35(13-11-21)27(37)7-6-19-16-24(31)28(33)25(32)17-19;2*28-20-4-3-5-21(16-20)30-27(35)32-14-10-19(11-15-32)25(26(33)34)31-12-8-18(9-13-31)23-17-29-24-7-2-1-6-22(23)24/h2-7,16-18,20-21,29,34H,8-15H2,1H3;2*1-7,16-19,25,29H,8-15H2,(H,30,35)(H,33,34)/b7-6+;;. The topological polar surface area (TPSA) is 243 Å². The molecule has 0 bridgehead atoms. The Morgan fingerprint density at radius 2 is 0.844 bits per heavy atom. The van der Waals surface area contributed by atoms with E-state index in [1.54, 1.807) is 39.0 Å². The van der Waals surface area contributed by atoms with Crippen molar-refractivity contribution in [2.45, 2.75) is 113 Å². The van der Waals surface area contributed by atoms with Gasteiger partial charge in [0.2, 0.25) is 5.91 Å². The molecule has 0 aliphatic carbocycles. The molecule has 109 heavy (non-hydrogen) atoms. The van der Waals surface area contributed by atoms with Crippen LogP contribution in [0.15, 0.2) is 163 Å². The monoisotopic (exact) mass is 1570 g/mol. The van der Waals surface area contributed by atoms with E-state index in [1.807, 2.05) is 42.5 Å². The summed E-state index contributed by atoms with van der Waals surface area (Å²) in [5, 5.41) is 30.4. The first-order valence-electron chi connectivity index (χ1n) is 38.0. The van der Waals surface area contributed by atoms with Crippen LogP contribution in [0.1, 0.15) is 117 Å². The number of ether oxygens (including phenoxy) is 1. The first-order valence-corrected chi connectivity index (χ1v) is 39.2. The number of fused-ring (bicyclic) bond motifs is 3. The minimum atomic E-state index is -1.54. The molecular formula is C84H94BrClF3N11O9. The van der Waals surface area contributed by atoms with Crippen LogP contribution in [-0.2, 0) is 23.9 Å². The van der Waals surface area contributed by atoms with Crippen molar-refractivity contribution in [1.82, 2.24) is 44.4 Å². The molecule has 25 heteroatoms. The Morgan fingerprint density at radius 1 is 0.477 bits per heavy atom. The average Bonchev–Trinajstić information content (AvgIpc) is 1.75. The number of urea groups is 2. The molecule has 7 N–H and O–H groups in total. The molecule has 574 valence electrons. The van der Waals surface area contributed by atoms with Crippen LogP contribution in [0, 0.1) is 35.2 Å². The Kier molecular flexibility index (Phi) is 25.6. The summed E-state index contributed by atoms with van der Waals surface area (Å²) in [6, 6.07) is 39.6. The Balaban J connectivity index is 0.000000144. The van der Waals surface area contributed by atoms with Crippen LogP contribution in [0.5, 0.6) is 0 Å². The normalized spacial score (nSPS) is 18.9. The number of para-hydroxylation sites is 3. The minimum Gasteiger partial charge on any atom is -0.480 e. The van der Waals surface area contributed by atoms with Crippen molar-refractivity contribution in [3.05, 3.63) is 207 Å². The van der Waals surface area contributed by atoms with Gasteiger partial charge in [-0.3, -0.25) is 33.9 Å². The van der Waals surface area contributed by atoms with E-state index in [2.05, 4.69) is 129 Å². The van der Waals surface area contributed by atoms with Crippen molar-refractivity contribution in [2.75, 3.05) is 96.3 Å². The largest absolute Gasteiger partial charge is 0.480 e. The fraction of sp³-hybridized carbons (Fsp3) is 0.405. The van der Waals surface area contributed by atoms with Gasteiger partial charge in [0.15, 0.2) is 17.5 Å². The van der Waals surface area contributed by atoms with Gasteiger partial charge in [0.25, 0.3) is 0 Å². The van der Waals surface area contributed by atoms with Gasteiger partial charge in [0, 0.05) is 118 Å². The number of benzene rings is 6. The number of carbonyl (C=O) groups excluding carboxylic acids is 4. The fourth-order valence-electron chi connectivity index (χ4n) is 17.6. The van der Waals surface area contributed by atoms with Crippen LogP contribution in [-0.4, -0.2) is 194 Å². The van der Waals surface area contributed by atoms with Gasteiger partial charge >= 0.3 is 30.0 Å². The van der Waals surface area contributed by atoms with Crippen LogP contribution < -0.4 is 10.6 Å². The Morgan fingerprint density at radius 3 is 1.23 bits per heavy atom. The summed E-state index contributed by atoms with van der Waals surface area (Å²) in [5.74, 6) is -4.75. The maximum atomic E-state index is 13.5. The van der Waals surface area contributed by atoms with Crippen LogP contribution in [0.3, 0.4) is 0 Å². The highest BCUT2D eigenvalue weighted by Crippen LogP contribution is 2.40. The van der Waals surface area contributed by atoms with Crippen LogP contribution in [0.4, 0.5) is 34.1 Å². The molecule has 5 amide bonds. The summed E-state index contributed by atoms with van der Waals surface area (Å²) in [4.78, 5) is 97.5. The number of hydrogen-bond donors (Lipinski definition) is 7. The van der Waals surface area contributed by atoms with Crippen molar-refractivity contribution in [1.29, 1.82) is 0 Å². The molecule has 0 saturated carbocycles. The number of likely N-dealkylation sites (tertiary alicyclic amines) is 6. The van der Waals surface area contributed by atoms with E-state index in [1.165, 1.54) is 52.1 Å². The molecule has 6 saturated heterocycles. The molecule has 6 aromatic carbocycles. The number of esters is 1. The van der Waals surface area contributed by atoms with Crippen molar-refractivity contribution in [3.63, 3.8) is 0 Å². The lowest BCUT2D eigenvalue weighted by Gasteiger charge is -2.42. The molecule has 3 aromatic heterocycles. The number of aromatic amines is 3. The Bertz CT molecular complexity index is 4490. The highest BCUT2D eigenvalue weighted by atomic mass is 79.9. The van der Waals surface area contributed by atoms with E-state index in [-0.39, 0.29) is 53.3 Å². The summed E-state index contributed by atoms with van der Waals surface area (Å²) in [6.45, 7) is 7.84. The third-order valence-corrected chi connectivity index (χ3v) is 24.0. The number of nitrogens with zero attached hydrogens (tertiary/aromatic N) is 6. The highest BCUT2D eigenvalue weighted by molar-refractivity contribution is 9.10. The lowest BCUT2D eigenvalue weighted by molar-refractivity contribution is -0.151. The molecule has 0 radical (unpaired) electrons. The van der Waals surface area contributed by atoms with Gasteiger partial charge in [-0.2, -0.15) is 0 Å². The van der Waals surface area contributed by atoms with Gasteiger partial charge < -0.3 is 55.2 Å². The lowest BCUT2D eigenvalue weighted by atomic mass is 9.84. The zero-order valence-corrected chi connectivity index (χ0v) is 63.4. The first kappa shape index (κ1) is 77.7. The number of piperidine rings is 6. The third kappa shape index (κ3) is 18.7. The summed E-state index contributed by atoms with van der Waals surface area (Å²) < 4.78 is 46.2. The molecule has 6 aliphatic rings. The molecule has 9 aromatic rings. The van der Waals surface area contributed by atoms with Gasteiger partial charge in [-0.15, -0.1) is 0 Å². The molecule has 0 spiro atoms. The zero-order valence-electron chi connectivity index (χ0n) is 61.1. The molecule has 3 unspecified atom stereocenters. The van der Waals surface area contributed by atoms with Crippen LogP contribution in [0.2, 0.25) is 5.02 Å². The van der Waals surface area contributed by atoms with Crippen LogP contribution in [0.25, 0.3) is 38.8 Å². The Labute approximate surface area is 645 Å². The van der Waals surface area contributed by atoms with Crippen molar-refractivity contribution in [3.8, 4) is 0 Å². The molecule has 6 fully saturated rings. The number of aromatic nitrogens is 3. The fourth-order valence-corrected chi connectivity index (χ4v) is 18.2. The lowest BCUT2D eigenvalue weighted by Crippen LogP contribution is -2.52. The second-order valence-electron chi connectivity index (χ2n) is 29.7. The van der Waals surface area contributed by atoms with Gasteiger partial charge in [-0.05, 0) is 247 Å². The van der Waals surface area contributed by atoms with Gasteiger partial charge in [0.05, 0.1) is 7.11 Å². The number of halogens is 5. The van der Waals surface area contributed by atoms with Crippen LogP contribution >= 0.6 is 27.5 Å².